The van der Waals surface area contributed by atoms with Crippen LogP contribution in [0.3, 0.4) is 0 Å². The van der Waals surface area contributed by atoms with Crippen LogP contribution in [-0.2, 0) is 23.6 Å². The number of pyridine rings is 1. The molecule has 1 aliphatic heterocycles. The molecule has 3 aromatic heterocycles. The largest absolute Gasteiger partial charge is 0.490 e. The lowest BCUT2D eigenvalue weighted by Gasteiger charge is -2.26. The molecule has 3 amide bonds. The molecule has 0 spiro atoms. The summed E-state index contributed by atoms with van der Waals surface area (Å²) in [6, 6.07) is 12.6. The molecule has 1 aromatic carbocycles. The van der Waals surface area contributed by atoms with Crippen LogP contribution in [0.1, 0.15) is 31.5 Å². The maximum Gasteiger partial charge on any atom is 0.490 e. The Morgan fingerprint density at radius 1 is 0.870 bits per heavy atom. The Labute approximate surface area is 260 Å². The fourth-order valence-corrected chi connectivity index (χ4v) is 4.56. The summed E-state index contributed by atoms with van der Waals surface area (Å²) in [6.07, 6.45) is -0.0787. The molecule has 0 bridgehead atoms. The second-order valence-electron chi connectivity index (χ2n) is 10.3. The van der Waals surface area contributed by atoms with E-state index in [4.69, 9.17) is 14.6 Å². The van der Waals surface area contributed by atoms with Gasteiger partial charge in [0, 0.05) is 64.3 Å². The van der Waals surface area contributed by atoms with Gasteiger partial charge in [-0.1, -0.05) is 24.3 Å². The van der Waals surface area contributed by atoms with Crippen LogP contribution < -0.4 is 16.0 Å². The fourth-order valence-electron chi connectivity index (χ4n) is 4.56. The average Bonchev–Trinajstić information content (AvgIpc) is 3.58. The molecule has 46 heavy (non-hydrogen) atoms. The van der Waals surface area contributed by atoms with E-state index in [1.807, 2.05) is 24.3 Å². The first-order valence-electron chi connectivity index (χ1n) is 14.0. The summed E-state index contributed by atoms with van der Waals surface area (Å²) in [7, 11) is 3.47. The lowest BCUT2D eigenvalue weighted by atomic mass is 10.1. The smallest absolute Gasteiger partial charge is 0.475 e. The number of anilines is 2. The van der Waals surface area contributed by atoms with Crippen molar-refractivity contribution in [2.45, 2.75) is 6.18 Å². The standard InChI is InChI=1S/C28H31N7O4.C2HF3O2/c1-33-18-22(14-24(33)27(37)29-7-8-35-9-11-39-12-10-35)32-28(38)25-15-21(17-34(25)2)31-26(36)23-13-19-5-3-4-6-20(19)16-30-23;3-2(4,5)1(6)7/h3-6,13-18H,7-12H2,1-2H3,(H,29,37)(H,31,36)(H,32,38);(H,6,7). The number of aryl methyl sites for hydroxylation is 2. The second kappa shape index (κ2) is 14.7. The summed E-state index contributed by atoms with van der Waals surface area (Å²) >= 11 is 0. The zero-order valence-electron chi connectivity index (χ0n) is 24.9. The number of halogens is 3. The molecule has 16 heteroatoms. The monoisotopic (exact) mass is 643 g/mol. The number of nitrogens with zero attached hydrogens (tertiary/aromatic N) is 4. The van der Waals surface area contributed by atoms with Crippen molar-refractivity contribution >= 4 is 45.8 Å². The van der Waals surface area contributed by atoms with E-state index in [0.29, 0.717) is 42.5 Å². The minimum Gasteiger partial charge on any atom is -0.475 e. The highest BCUT2D eigenvalue weighted by atomic mass is 19.4. The number of carboxylic acids is 1. The van der Waals surface area contributed by atoms with Gasteiger partial charge in [-0.25, -0.2) is 4.79 Å². The average molecular weight is 644 g/mol. The molecule has 0 radical (unpaired) electrons. The maximum atomic E-state index is 13.0. The number of ether oxygens (including phenoxy) is 1. The van der Waals surface area contributed by atoms with E-state index in [1.165, 1.54) is 0 Å². The lowest BCUT2D eigenvalue weighted by Crippen LogP contribution is -2.41. The number of rotatable bonds is 8. The molecular weight excluding hydrogens is 611 g/mol. The number of carbonyl (C=O) groups is 4. The van der Waals surface area contributed by atoms with Gasteiger partial charge in [-0.05, 0) is 23.6 Å². The Hall–Kier alpha value is -5.22. The molecular formula is C30H32F3N7O6. The predicted octanol–water partition coefficient (Wildman–Crippen LogP) is 3.11. The summed E-state index contributed by atoms with van der Waals surface area (Å²) in [6.45, 7) is 4.43. The van der Waals surface area contributed by atoms with Gasteiger partial charge in [0.25, 0.3) is 17.7 Å². The number of hydrogen-bond acceptors (Lipinski definition) is 7. The van der Waals surface area contributed by atoms with Gasteiger partial charge >= 0.3 is 12.1 Å². The maximum absolute atomic E-state index is 13.0. The van der Waals surface area contributed by atoms with Crippen LogP contribution >= 0.6 is 0 Å². The molecule has 4 heterocycles. The van der Waals surface area contributed by atoms with Crippen LogP contribution in [0.5, 0.6) is 0 Å². The minimum atomic E-state index is -5.08. The zero-order chi connectivity index (χ0) is 33.4. The minimum absolute atomic E-state index is 0.211. The van der Waals surface area contributed by atoms with E-state index >= 15 is 0 Å². The summed E-state index contributed by atoms with van der Waals surface area (Å²) < 4.78 is 40.4. The third-order valence-electron chi connectivity index (χ3n) is 6.91. The highest BCUT2D eigenvalue weighted by Crippen LogP contribution is 2.19. The molecule has 0 atom stereocenters. The number of fused-ring (bicyclic) bond motifs is 1. The van der Waals surface area contributed by atoms with Gasteiger partial charge in [-0.3, -0.25) is 24.3 Å². The zero-order valence-corrected chi connectivity index (χ0v) is 24.9. The number of amides is 3. The van der Waals surface area contributed by atoms with Crippen molar-refractivity contribution in [3.63, 3.8) is 0 Å². The van der Waals surface area contributed by atoms with Gasteiger partial charge in [0.05, 0.1) is 24.6 Å². The number of hydrogen-bond donors (Lipinski definition) is 4. The van der Waals surface area contributed by atoms with Crippen molar-refractivity contribution in [1.29, 1.82) is 0 Å². The van der Waals surface area contributed by atoms with E-state index in [9.17, 15) is 27.6 Å². The van der Waals surface area contributed by atoms with Crippen LogP contribution in [0.2, 0.25) is 0 Å². The van der Waals surface area contributed by atoms with Crippen LogP contribution in [-0.4, -0.2) is 93.4 Å². The molecule has 5 rings (SSSR count). The number of aromatic nitrogens is 3. The van der Waals surface area contributed by atoms with Gasteiger partial charge in [0.15, 0.2) is 0 Å². The van der Waals surface area contributed by atoms with E-state index in [1.54, 1.807) is 60.0 Å². The molecule has 244 valence electrons. The third kappa shape index (κ3) is 8.92. The van der Waals surface area contributed by atoms with Gasteiger partial charge in [0.1, 0.15) is 17.1 Å². The van der Waals surface area contributed by atoms with Crippen molar-refractivity contribution in [3.05, 3.63) is 78.1 Å². The number of carbonyl (C=O) groups excluding carboxylic acids is 3. The Balaban J connectivity index is 0.000000617. The van der Waals surface area contributed by atoms with Crippen LogP contribution in [0.15, 0.2) is 61.1 Å². The van der Waals surface area contributed by atoms with Gasteiger partial charge in [-0.15, -0.1) is 0 Å². The van der Waals surface area contributed by atoms with Crippen LogP contribution in [0.25, 0.3) is 10.8 Å². The lowest BCUT2D eigenvalue weighted by molar-refractivity contribution is -0.192. The summed E-state index contributed by atoms with van der Waals surface area (Å²) in [5, 5.41) is 17.6. The first kappa shape index (κ1) is 33.7. The van der Waals surface area contributed by atoms with Crippen molar-refractivity contribution < 1.29 is 42.2 Å². The summed E-state index contributed by atoms with van der Waals surface area (Å²) in [5.74, 6) is -3.71. The number of carboxylic acid groups (broad SMARTS) is 1. The molecule has 0 aliphatic carbocycles. The number of morpholine rings is 1. The van der Waals surface area contributed by atoms with E-state index in [2.05, 4.69) is 25.8 Å². The van der Waals surface area contributed by atoms with Gasteiger partial charge in [-0.2, -0.15) is 13.2 Å². The van der Waals surface area contributed by atoms with Gasteiger partial charge in [0.2, 0.25) is 0 Å². The van der Waals surface area contributed by atoms with Gasteiger partial charge < -0.3 is 34.9 Å². The van der Waals surface area contributed by atoms with E-state index in [0.717, 1.165) is 30.4 Å². The molecule has 4 N–H and O–H groups in total. The van der Waals surface area contributed by atoms with Crippen molar-refractivity contribution in [1.82, 2.24) is 24.3 Å². The fraction of sp³-hybridized carbons (Fsp3) is 0.300. The second-order valence-corrected chi connectivity index (χ2v) is 10.3. The third-order valence-corrected chi connectivity index (χ3v) is 6.91. The Kier molecular flexibility index (Phi) is 10.8. The van der Waals surface area contributed by atoms with E-state index < -0.39 is 12.1 Å². The quantitative estimate of drug-likeness (QED) is 0.228. The molecule has 0 saturated carbocycles. The Morgan fingerprint density at radius 3 is 2.00 bits per heavy atom. The van der Waals surface area contributed by atoms with E-state index in [-0.39, 0.29) is 23.4 Å². The Bertz CT molecular complexity index is 1730. The molecule has 1 fully saturated rings. The molecule has 13 nitrogen and oxygen atoms in total. The highest BCUT2D eigenvalue weighted by Gasteiger charge is 2.38. The normalized spacial score (nSPS) is 13.4. The molecule has 1 aliphatic rings. The first-order valence-corrected chi connectivity index (χ1v) is 14.0. The SMILES string of the molecule is Cn1cc(NC(=O)c2cc(NC(=O)c3cc4ccccc4cn3)cn2C)cc1C(=O)NCCN1CCOCC1.O=C(O)C(F)(F)F. The van der Waals surface area contributed by atoms with Crippen LogP contribution in [0.4, 0.5) is 24.5 Å². The van der Waals surface area contributed by atoms with Crippen molar-refractivity contribution in [2.75, 3.05) is 50.0 Å². The van der Waals surface area contributed by atoms with Crippen molar-refractivity contribution in [3.8, 4) is 0 Å². The van der Waals surface area contributed by atoms with Crippen LogP contribution in [0, 0.1) is 0 Å². The summed E-state index contributed by atoms with van der Waals surface area (Å²) in [4.78, 5) is 53.9. The molecule has 1 saturated heterocycles. The number of nitrogens with one attached hydrogen (secondary N) is 3. The topological polar surface area (TPSA) is 160 Å². The predicted molar refractivity (Wildman–Crippen MR) is 162 cm³/mol. The van der Waals surface area contributed by atoms with Crippen molar-refractivity contribution in [2.24, 2.45) is 14.1 Å². The number of benzene rings is 1. The number of alkyl halides is 3. The number of aliphatic carboxylic acids is 1. The molecule has 0 unspecified atom stereocenters. The highest BCUT2D eigenvalue weighted by molar-refractivity contribution is 6.07. The Morgan fingerprint density at radius 2 is 1.41 bits per heavy atom. The summed E-state index contributed by atoms with van der Waals surface area (Å²) in [5.41, 5.74) is 2.03. The first-order chi connectivity index (χ1) is 21.8. The molecule has 4 aromatic rings.